The lowest BCUT2D eigenvalue weighted by Gasteiger charge is -2.32. The molecule has 0 fully saturated rings. The number of rotatable bonds is 6. The zero-order valence-electron chi connectivity index (χ0n) is 33.3. The number of fused-ring (bicyclic) bond motifs is 2. The Morgan fingerprint density at radius 2 is 1.04 bits per heavy atom. The molecule has 0 spiro atoms. The molecule has 0 aliphatic carbocycles. The number of amides is 2. The first-order chi connectivity index (χ1) is 25.7. The van der Waals surface area contributed by atoms with Crippen LogP contribution < -0.4 is 20.4 Å². The van der Waals surface area contributed by atoms with E-state index in [-0.39, 0.29) is 33.9 Å². The van der Waals surface area contributed by atoms with Crippen LogP contribution in [0.3, 0.4) is 0 Å². The number of alkyl halides is 3. The van der Waals surface area contributed by atoms with Crippen molar-refractivity contribution in [1.29, 1.82) is 0 Å². The summed E-state index contributed by atoms with van der Waals surface area (Å²) in [5.41, 5.74) is 8.35. The van der Waals surface area contributed by atoms with Crippen LogP contribution in [0.1, 0.15) is 93.3 Å². The van der Waals surface area contributed by atoms with Crippen molar-refractivity contribution < 1.29 is 22.8 Å². The highest BCUT2D eigenvalue weighted by molar-refractivity contribution is 6.34. The van der Waals surface area contributed by atoms with Crippen LogP contribution in [0.2, 0.25) is 5.02 Å². The molecule has 2 heterocycles. The molecule has 6 nitrogen and oxygen atoms in total. The normalized spacial score (nSPS) is 14.3. The fourth-order valence-electron chi connectivity index (χ4n) is 7.21. The lowest BCUT2D eigenvalue weighted by molar-refractivity contribution is -0.137. The minimum atomic E-state index is -4.64. The summed E-state index contributed by atoms with van der Waals surface area (Å²) in [5, 5.41) is 5.39. The largest absolute Gasteiger partial charge is 0.418 e. The Morgan fingerprint density at radius 1 is 0.636 bits per heavy atom. The van der Waals surface area contributed by atoms with Gasteiger partial charge < -0.3 is 20.4 Å². The van der Waals surface area contributed by atoms with E-state index >= 15 is 0 Å². The van der Waals surface area contributed by atoms with Gasteiger partial charge in [-0.2, -0.15) is 13.2 Å². The zero-order valence-corrected chi connectivity index (χ0v) is 34.1. The third-order valence-electron chi connectivity index (χ3n) is 9.80. The maximum absolute atomic E-state index is 13.8. The molecular weight excluding hydrogens is 721 g/mol. The number of aryl methyl sites for hydroxylation is 2. The number of carbonyl (C=O) groups excluding carboxylic acids is 2. The molecule has 4 aromatic rings. The molecule has 2 N–H and O–H groups in total. The van der Waals surface area contributed by atoms with Gasteiger partial charge in [-0.1, -0.05) is 102 Å². The standard InChI is InChI=1S/C23H30N2O.C22H24ClF3N2O/c1-16-12-20(25-11-10-18-8-6-7-9-19(18)15-25)13-17(2)22(16)24-21(26)14-23(3,4)5;1-21(2,3)12-19(29)27-20-17(22(24,25)26)10-16(11-18(20)23)28-9-8-14-6-4-5-7-15(14)13-28/h6-9,12-13H,10-11,14-15H2,1-5H3,(H,24,26);4-7,10-11H,8-9,12-13H2,1-3H3,(H,27,29). The minimum absolute atomic E-state index is 0.00692. The lowest BCUT2D eigenvalue weighted by atomic mass is 9.92. The molecule has 0 saturated heterocycles. The molecule has 2 aliphatic heterocycles. The van der Waals surface area contributed by atoms with Gasteiger partial charge in [0.05, 0.1) is 16.3 Å². The average molecular weight is 775 g/mol. The molecule has 2 aliphatic rings. The van der Waals surface area contributed by atoms with Crippen LogP contribution in [0, 0.1) is 24.7 Å². The van der Waals surface area contributed by atoms with E-state index in [1.54, 1.807) is 0 Å². The predicted octanol–water partition coefficient (Wildman–Crippen LogP) is 11.5. The summed E-state index contributed by atoms with van der Waals surface area (Å²) in [5.74, 6) is -0.409. The molecule has 0 unspecified atom stereocenters. The molecule has 6 rings (SSSR count). The third kappa shape index (κ3) is 11.3. The monoisotopic (exact) mass is 774 g/mol. The second-order valence-electron chi connectivity index (χ2n) is 17.3. The number of hydrogen-bond acceptors (Lipinski definition) is 4. The number of nitrogens with one attached hydrogen (secondary N) is 2. The van der Waals surface area contributed by atoms with Crippen molar-refractivity contribution >= 4 is 46.2 Å². The van der Waals surface area contributed by atoms with E-state index in [0.29, 0.717) is 25.2 Å². The highest BCUT2D eigenvalue weighted by Crippen LogP contribution is 2.43. The fraction of sp³-hybridized carbons (Fsp3) is 0.422. The first-order valence-corrected chi connectivity index (χ1v) is 19.3. The van der Waals surface area contributed by atoms with Crippen LogP contribution in [-0.2, 0) is 41.7 Å². The van der Waals surface area contributed by atoms with E-state index < -0.39 is 17.6 Å². The Balaban J connectivity index is 0.000000212. The van der Waals surface area contributed by atoms with Crippen molar-refractivity contribution in [2.75, 3.05) is 33.5 Å². The maximum Gasteiger partial charge on any atom is 0.418 e. The molecule has 294 valence electrons. The van der Waals surface area contributed by atoms with Gasteiger partial charge in [-0.25, -0.2) is 0 Å². The first kappa shape index (κ1) is 41.7. The Hall–Kier alpha value is -4.50. The van der Waals surface area contributed by atoms with Crippen LogP contribution >= 0.6 is 11.6 Å². The Labute approximate surface area is 329 Å². The number of benzene rings is 4. The summed E-state index contributed by atoms with van der Waals surface area (Å²) in [4.78, 5) is 28.9. The first-order valence-electron chi connectivity index (χ1n) is 18.9. The van der Waals surface area contributed by atoms with Crippen LogP contribution in [0.15, 0.2) is 72.8 Å². The van der Waals surface area contributed by atoms with Gasteiger partial charge in [0.1, 0.15) is 0 Å². The Bertz CT molecular complexity index is 2010. The van der Waals surface area contributed by atoms with Crippen molar-refractivity contribution in [3.05, 3.63) is 117 Å². The maximum atomic E-state index is 13.8. The van der Waals surface area contributed by atoms with Crippen LogP contribution in [0.25, 0.3) is 0 Å². The molecule has 0 bridgehead atoms. The zero-order chi connectivity index (χ0) is 40.3. The fourth-order valence-corrected chi connectivity index (χ4v) is 7.47. The number of carbonyl (C=O) groups is 2. The SMILES string of the molecule is CC(C)(C)CC(=O)Nc1c(Cl)cc(N2CCc3ccccc3C2)cc1C(F)(F)F.Cc1cc(N2CCc3ccccc3C2)cc(C)c1NC(=O)CC(C)(C)C. The third-order valence-corrected chi connectivity index (χ3v) is 10.1. The van der Waals surface area contributed by atoms with Crippen LogP contribution in [-0.4, -0.2) is 24.9 Å². The molecule has 0 atom stereocenters. The van der Waals surface area contributed by atoms with Gasteiger partial charge in [0.15, 0.2) is 0 Å². The predicted molar refractivity (Wildman–Crippen MR) is 220 cm³/mol. The van der Waals surface area contributed by atoms with Crippen molar-refractivity contribution in [3.63, 3.8) is 0 Å². The molecule has 55 heavy (non-hydrogen) atoms. The summed E-state index contributed by atoms with van der Waals surface area (Å²) in [6, 6.07) is 23.6. The van der Waals surface area contributed by atoms with Gasteiger partial charge in [-0.15, -0.1) is 0 Å². The topological polar surface area (TPSA) is 64.7 Å². The van der Waals surface area contributed by atoms with Crippen molar-refractivity contribution in [2.24, 2.45) is 10.8 Å². The van der Waals surface area contributed by atoms with E-state index in [4.69, 9.17) is 11.6 Å². The molecular formula is C45H54ClF3N4O2. The van der Waals surface area contributed by atoms with E-state index in [0.717, 1.165) is 54.4 Å². The second kappa shape index (κ2) is 16.7. The summed E-state index contributed by atoms with van der Waals surface area (Å²) >= 11 is 6.23. The number of nitrogens with zero attached hydrogens (tertiary/aromatic N) is 2. The number of hydrogen-bond donors (Lipinski definition) is 2. The van der Waals surface area contributed by atoms with Gasteiger partial charge in [0.25, 0.3) is 0 Å². The van der Waals surface area contributed by atoms with E-state index in [2.05, 4.69) is 86.6 Å². The van der Waals surface area contributed by atoms with Crippen molar-refractivity contribution in [1.82, 2.24) is 0 Å². The lowest BCUT2D eigenvalue weighted by Crippen LogP contribution is -2.30. The van der Waals surface area contributed by atoms with E-state index in [1.165, 1.54) is 28.4 Å². The van der Waals surface area contributed by atoms with Gasteiger partial charge >= 0.3 is 6.18 Å². The van der Waals surface area contributed by atoms with Gasteiger partial charge in [0, 0.05) is 56.1 Å². The molecule has 0 saturated carbocycles. The van der Waals surface area contributed by atoms with Crippen LogP contribution in [0.5, 0.6) is 0 Å². The summed E-state index contributed by atoms with van der Waals surface area (Å²) in [7, 11) is 0. The molecule has 4 aromatic carbocycles. The van der Waals surface area contributed by atoms with Crippen LogP contribution in [0.4, 0.5) is 35.9 Å². The quantitative estimate of drug-likeness (QED) is 0.205. The molecule has 0 aromatic heterocycles. The Kier molecular flexibility index (Phi) is 12.6. The summed E-state index contributed by atoms with van der Waals surface area (Å²) in [6.45, 7) is 19.1. The molecule has 2 amide bonds. The van der Waals surface area contributed by atoms with Crippen molar-refractivity contribution in [3.8, 4) is 0 Å². The number of anilines is 4. The summed E-state index contributed by atoms with van der Waals surface area (Å²) < 4.78 is 41.3. The van der Waals surface area contributed by atoms with Gasteiger partial charge in [-0.3, -0.25) is 9.59 Å². The number of halogens is 4. The van der Waals surface area contributed by atoms with Gasteiger partial charge in [-0.05, 0) is 95.2 Å². The minimum Gasteiger partial charge on any atom is -0.367 e. The van der Waals surface area contributed by atoms with E-state index in [1.807, 2.05) is 49.9 Å². The highest BCUT2D eigenvalue weighted by Gasteiger charge is 2.36. The van der Waals surface area contributed by atoms with Crippen molar-refractivity contribution in [2.45, 2.75) is 100 Å². The summed E-state index contributed by atoms with van der Waals surface area (Å²) in [6.07, 6.45) is -2.20. The average Bonchev–Trinajstić information content (AvgIpc) is 3.08. The van der Waals surface area contributed by atoms with Gasteiger partial charge in [0.2, 0.25) is 11.8 Å². The molecule has 0 radical (unpaired) electrons. The van der Waals surface area contributed by atoms with E-state index in [9.17, 15) is 22.8 Å². The smallest absolute Gasteiger partial charge is 0.367 e. The highest BCUT2D eigenvalue weighted by atomic mass is 35.5. The second-order valence-corrected chi connectivity index (χ2v) is 17.7. The Morgan fingerprint density at radius 3 is 1.45 bits per heavy atom. The molecule has 10 heteroatoms.